The zero-order chi connectivity index (χ0) is 19.1. The largest absolute Gasteiger partial charge is 0.497 e. The van der Waals surface area contributed by atoms with E-state index in [1.807, 2.05) is 62.4 Å². The Morgan fingerprint density at radius 1 is 1.27 bits per heavy atom. The minimum absolute atomic E-state index is 0.00200. The number of nitriles is 1. The zero-order valence-electron chi connectivity index (χ0n) is 14.8. The number of halogens is 1. The van der Waals surface area contributed by atoms with Crippen molar-refractivity contribution in [1.82, 2.24) is 5.32 Å². The smallest absolute Gasteiger partial charge is 0.263 e. The number of nitrogens with zero attached hydrogens (tertiary/aromatic N) is 1. The third-order valence-corrected chi connectivity index (χ3v) is 4.48. The van der Waals surface area contributed by atoms with Crippen molar-refractivity contribution in [3.8, 4) is 11.8 Å². The first-order valence-electron chi connectivity index (χ1n) is 8.02. The van der Waals surface area contributed by atoms with Gasteiger partial charge >= 0.3 is 0 Å². The highest BCUT2D eigenvalue weighted by Crippen LogP contribution is 2.23. The van der Waals surface area contributed by atoms with E-state index in [0.29, 0.717) is 0 Å². The topological polar surface area (TPSA) is 74.1 Å². The van der Waals surface area contributed by atoms with E-state index in [0.717, 1.165) is 27.0 Å². The summed E-state index contributed by atoms with van der Waals surface area (Å²) in [6.45, 7) is 3.85. The monoisotopic (exact) mass is 413 g/mol. The molecule has 2 aromatic rings. The Kier molecular flexibility index (Phi) is 6.81. The molecule has 0 spiro atoms. The van der Waals surface area contributed by atoms with Gasteiger partial charge < -0.3 is 15.4 Å². The number of carbonyl (C=O) groups excluding carboxylic acids is 1. The SMILES string of the molecule is COc1ccc(C(C)NC(=O)/C(C#N)=C\Nc2ccc(C)cc2Br)cc1. The Bertz CT molecular complexity index is 854. The molecule has 2 rings (SSSR count). The number of benzene rings is 2. The van der Waals surface area contributed by atoms with Crippen molar-refractivity contribution in [3.63, 3.8) is 0 Å². The number of carbonyl (C=O) groups is 1. The van der Waals surface area contributed by atoms with E-state index >= 15 is 0 Å². The first-order chi connectivity index (χ1) is 12.4. The van der Waals surface area contributed by atoms with Crippen molar-refractivity contribution in [1.29, 1.82) is 5.26 Å². The summed E-state index contributed by atoms with van der Waals surface area (Å²) in [6.07, 6.45) is 1.41. The lowest BCUT2D eigenvalue weighted by atomic mass is 10.1. The average Bonchev–Trinajstić information content (AvgIpc) is 2.63. The van der Waals surface area contributed by atoms with Crippen LogP contribution in [0.15, 0.2) is 58.7 Å². The number of amides is 1. The third kappa shape index (κ3) is 5.11. The standard InChI is InChI=1S/C20H20BrN3O2/c1-13-4-9-19(18(21)10-13)23-12-16(11-22)20(25)24-14(2)15-5-7-17(26-3)8-6-15/h4-10,12,14,23H,1-3H3,(H,24,25)/b16-12-. The minimum Gasteiger partial charge on any atom is -0.497 e. The molecule has 0 bridgehead atoms. The fourth-order valence-electron chi connectivity index (χ4n) is 2.29. The Balaban J connectivity index is 2.06. The average molecular weight is 414 g/mol. The van der Waals surface area contributed by atoms with Crippen molar-refractivity contribution >= 4 is 27.5 Å². The molecule has 1 atom stereocenters. The number of nitrogens with one attached hydrogen (secondary N) is 2. The molecule has 0 radical (unpaired) electrons. The van der Waals surface area contributed by atoms with Crippen LogP contribution < -0.4 is 15.4 Å². The number of ether oxygens (including phenoxy) is 1. The quantitative estimate of drug-likeness (QED) is 0.541. The van der Waals surface area contributed by atoms with Gasteiger partial charge in [-0.25, -0.2) is 0 Å². The normalized spacial score (nSPS) is 12.0. The molecule has 0 aliphatic carbocycles. The Hall–Kier alpha value is -2.78. The van der Waals surface area contributed by atoms with E-state index in [1.54, 1.807) is 7.11 Å². The minimum atomic E-state index is -0.438. The number of anilines is 1. The molecule has 0 aliphatic rings. The van der Waals surface area contributed by atoms with E-state index in [9.17, 15) is 10.1 Å². The summed E-state index contributed by atoms with van der Waals surface area (Å²) in [5.41, 5.74) is 2.81. The van der Waals surface area contributed by atoms with E-state index < -0.39 is 5.91 Å². The lowest BCUT2D eigenvalue weighted by Gasteiger charge is -2.14. The zero-order valence-corrected chi connectivity index (χ0v) is 16.4. The Labute approximate surface area is 161 Å². The highest BCUT2D eigenvalue weighted by Gasteiger charge is 2.14. The number of hydrogen-bond acceptors (Lipinski definition) is 4. The van der Waals surface area contributed by atoms with Gasteiger partial charge in [0.15, 0.2) is 0 Å². The van der Waals surface area contributed by atoms with Gasteiger partial charge in [-0.05, 0) is 65.2 Å². The van der Waals surface area contributed by atoms with Gasteiger partial charge in [0.25, 0.3) is 5.91 Å². The molecule has 0 aromatic heterocycles. The van der Waals surface area contributed by atoms with Crippen LogP contribution in [0.5, 0.6) is 5.75 Å². The second kappa shape index (κ2) is 9.07. The molecule has 0 heterocycles. The van der Waals surface area contributed by atoms with E-state index in [4.69, 9.17) is 4.74 Å². The van der Waals surface area contributed by atoms with Crippen molar-refractivity contribution in [2.24, 2.45) is 0 Å². The van der Waals surface area contributed by atoms with Crippen LogP contribution in [0.3, 0.4) is 0 Å². The fourth-order valence-corrected chi connectivity index (χ4v) is 2.89. The summed E-state index contributed by atoms with van der Waals surface area (Å²) in [5, 5.41) is 15.1. The van der Waals surface area contributed by atoms with Crippen LogP contribution in [-0.4, -0.2) is 13.0 Å². The summed E-state index contributed by atoms with van der Waals surface area (Å²) in [5.74, 6) is 0.310. The van der Waals surface area contributed by atoms with E-state index in [2.05, 4.69) is 26.6 Å². The molecule has 2 aromatic carbocycles. The Morgan fingerprint density at radius 2 is 1.96 bits per heavy atom. The summed E-state index contributed by atoms with van der Waals surface area (Å²) in [4.78, 5) is 12.4. The van der Waals surface area contributed by atoms with Crippen LogP contribution in [0.25, 0.3) is 0 Å². The van der Waals surface area contributed by atoms with Crippen LogP contribution in [-0.2, 0) is 4.79 Å². The molecule has 1 unspecified atom stereocenters. The fraction of sp³-hybridized carbons (Fsp3) is 0.200. The molecule has 134 valence electrons. The first kappa shape index (κ1) is 19.5. The van der Waals surface area contributed by atoms with Gasteiger partial charge in [-0.1, -0.05) is 18.2 Å². The summed E-state index contributed by atoms with van der Waals surface area (Å²) < 4.78 is 5.98. The molecule has 6 heteroatoms. The van der Waals surface area contributed by atoms with Gasteiger partial charge in [-0.3, -0.25) is 4.79 Å². The first-order valence-corrected chi connectivity index (χ1v) is 8.81. The number of rotatable bonds is 6. The van der Waals surface area contributed by atoms with Crippen LogP contribution in [0.1, 0.15) is 24.1 Å². The Morgan fingerprint density at radius 3 is 2.54 bits per heavy atom. The molecule has 0 aliphatic heterocycles. The third-order valence-electron chi connectivity index (χ3n) is 3.83. The molecule has 2 N–H and O–H groups in total. The second-order valence-electron chi connectivity index (χ2n) is 5.77. The van der Waals surface area contributed by atoms with Crippen LogP contribution in [0, 0.1) is 18.3 Å². The highest BCUT2D eigenvalue weighted by atomic mass is 79.9. The lowest BCUT2D eigenvalue weighted by molar-refractivity contribution is -0.117. The summed E-state index contributed by atoms with van der Waals surface area (Å²) >= 11 is 3.45. The maximum atomic E-state index is 12.4. The van der Waals surface area contributed by atoms with Gasteiger partial charge in [0, 0.05) is 10.7 Å². The highest BCUT2D eigenvalue weighted by molar-refractivity contribution is 9.10. The van der Waals surface area contributed by atoms with Crippen molar-refractivity contribution in [3.05, 3.63) is 69.8 Å². The second-order valence-corrected chi connectivity index (χ2v) is 6.62. The molecule has 5 nitrogen and oxygen atoms in total. The van der Waals surface area contributed by atoms with Gasteiger partial charge in [0.1, 0.15) is 17.4 Å². The van der Waals surface area contributed by atoms with Gasteiger partial charge in [0.2, 0.25) is 0 Å². The molecule has 0 fully saturated rings. The van der Waals surface area contributed by atoms with Crippen LogP contribution in [0.4, 0.5) is 5.69 Å². The number of hydrogen-bond donors (Lipinski definition) is 2. The molecule has 26 heavy (non-hydrogen) atoms. The van der Waals surface area contributed by atoms with E-state index in [-0.39, 0.29) is 11.6 Å². The lowest BCUT2D eigenvalue weighted by Crippen LogP contribution is -2.28. The van der Waals surface area contributed by atoms with Crippen LogP contribution in [0.2, 0.25) is 0 Å². The van der Waals surface area contributed by atoms with Gasteiger partial charge in [-0.15, -0.1) is 0 Å². The predicted molar refractivity (Wildman–Crippen MR) is 106 cm³/mol. The molecule has 0 saturated heterocycles. The number of methoxy groups -OCH3 is 1. The molecule has 1 amide bonds. The molecular weight excluding hydrogens is 394 g/mol. The van der Waals surface area contributed by atoms with E-state index in [1.165, 1.54) is 6.20 Å². The number of aryl methyl sites for hydroxylation is 1. The van der Waals surface area contributed by atoms with Crippen molar-refractivity contribution < 1.29 is 9.53 Å². The maximum absolute atomic E-state index is 12.4. The van der Waals surface area contributed by atoms with Crippen molar-refractivity contribution in [2.75, 3.05) is 12.4 Å². The van der Waals surface area contributed by atoms with Gasteiger partial charge in [0.05, 0.1) is 18.8 Å². The predicted octanol–water partition coefficient (Wildman–Crippen LogP) is 4.46. The summed E-state index contributed by atoms with van der Waals surface area (Å²) in [7, 11) is 1.60. The van der Waals surface area contributed by atoms with Crippen LogP contribution >= 0.6 is 15.9 Å². The molecule has 0 saturated carbocycles. The van der Waals surface area contributed by atoms with Crippen molar-refractivity contribution in [2.45, 2.75) is 19.9 Å². The van der Waals surface area contributed by atoms with Gasteiger partial charge in [-0.2, -0.15) is 5.26 Å². The summed E-state index contributed by atoms with van der Waals surface area (Å²) in [6, 6.07) is 14.9. The molecular formula is C20H20BrN3O2. The maximum Gasteiger partial charge on any atom is 0.263 e.